The molecule has 0 fully saturated rings. The number of carbonyl (C=O) groups is 1. The molecule has 0 aliphatic heterocycles. The first-order valence-electron chi connectivity index (χ1n) is 9.66. The first-order valence-corrected chi connectivity index (χ1v) is 10.5. The monoisotopic (exact) mass is 376 g/mol. The van der Waals surface area contributed by atoms with Crippen molar-refractivity contribution in [3.05, 3.63) is 70.1 Å². The molecule has 0 radical (unpaired) electrons. The van der Waals surface area contributed by atoms with Gasteiger partial charge in [0.1, 0.15) is 0 Å². The SMILES string of the molecule is CCc1ccc(CC(=O)Nc2nc(-c3ccc4c(c3)CCCC4)cs2)cc1. The van der Waals surface area contributed by atoms with Crippen LogP contribution >= 0.6 is 11.3 Å². The number of aromatic nitrogens is 1. The standard InChI is InChI=1S/C23H24N2OS/c1-2-16-7-9-17(10-8-16)13-22(26)25-23-24-21(15-27-23)20-12-11-18-5-3-4-6-19(18)14-20/h7-12,14-15H,2-6,13H2,1H3,(H,24,25,26). The maximum atomic E-state index is 12.3. The van der Waals surface area contributed by atoms with E-state index >= 15 is 0 Å². The lowest BCUT2D eigenvalue weighted by Crippen LogP contribution is -2.14. The maximum absolute atomic E-state index is 12.3. The van der Waals surface area contributed by atoms with E-state index in [0.717, 1.165) is 29.7 Å². The predicted octanol–water partition coefficient (Wildman–Crippen LogP) is 5.43. The number of carbonyl (C=O) groups excluding carboxylic acids is 1. The summed E-state index contributed by atoms with van der Waals surface area (Å²) in [7, 11) is 0. The molecule has 1 N–H and O–H groups in total. The van der Waals surface area contributed by atoms with Crippen molar-refractivity contribution in [2.75, 3.05) is 5.32 Å². The van der Waals surface area contributed by atoms with Gasteiger partial charge in [0, 0.05) is 10.9 Å². The van der Waals surface area contributed by atoms with Crippen LogP contribution in [-0.2, 0) is 30.5 Å². The van der Waals surface area contributed by atoms with Crippen LogP contribution in [0.25, 0.3) is 11.3 Å². The normalized spacial score (nSPS) is 13.2. The van der Waals surface area contributed by atoms with Gasteiger partial charge < -0.3 is 5.32 Å². The number of benzene rings is 2. The Bertz CT molecular complexity index is 943. The molecule has 0 saturated heterocycles. The van der Waals surface area contributed by atoms with E-state index < -0.39 is 0 Å². The highest BCUT2D eigenvalue weighted by atomic mass is 32.1. The summed E-state index contributed by atoms with van der Waals surface area (Å²) in [5.74, 6) is -0.0226. The Kier molecular flexibility index (Phi) is 5.35. The first-order chi connectivity index (χ1) is 13.2. The summed E-state index contributed by atoms with van der Waals surface area (Å²) in [6.07, 6.45) is 6.30. The number of amides is 1. The van der Waals surface area contributed by atoms with Gasteiger partial charge >= 0.3 is 0 Å². The van der Waals surface area contributed by atoms with Gasteiger partial charge in [0.05, 0.1) is 12.1 Å². The number of nitrogens with one attached hydrogen (secondary N) is 1. The summed E-state index contributed by atoms with van der Waals surface area (Å²) < 4.78 is 0. The Morgan fingerprint density at radius 2 is 1.78 bits per heavy atom. The molecule has 1 aliphatic carbocycles. The molecule has 4 rings (SSSR count). The fourth-order valence-corrected chi connectivity index (χ4v) is 4.33. The van der Waals surface area contributed by atoms with Crippen LogP contribution in [0.1, 0.15) is 42.0 Å². The number of hydrogen-bond donors (Lipinski definition) is 1. The molecule has 0 saturated carbocycles. The zero-order chi connectivity index (χ0) is 18.6. The van der Waals surface area contributed by atoms with Crippen LogP contribution in [0.5, 0.6) is 0 Å². The van der Waals surface area contributed by atoms with Gasteiger partial charge in [0.15, 0.2) is 5.13 Å². The van der Waals surface area contributed by atoms with E-state index in [-0.39, 0.29) is 5.91 Å². The molecule has 3 aromatic rings. The van der Waals surface area contributed by atoms with E-state index in [9.17, 15) is 4.79 Å². The van der Waals surface area contributed by atoms with E-state index in [1.807, 2.05) is 17.5 Å². The van der Waals surface area contributed by atoms with Crippen molar-refractivity contribution in [1.29, 1.82) is 0 Å². The summed E-state index contributed by atoms with van der Waals surface area (Å²) in [6, 6.07) is 14.9. The molecule has 0 spiro atoms. The fourth-order valence-electron chi connectivity index (χ4n) is 3.60. The van der Waals surface area contributed by atoms with E-state index in [1.54, 1.807) is 0 Å². The first kappa shape index (κ1) is 17.9. The number of aryl methyl sites for hydroxylation is 3. The molecule has 3 nitrogen and oxygen atoms in total. The lowest BCUT2D eigenvalue weighted by Gasteiger charge is -2.16. The molecule has 27 heavy (non-hydrogen) atoms. The zero-order valence-corrected chi connectivity index (χ0v) is 16.4. The van der Waals surface area contributed by atoms with E-state index in [2.05, 4.69) is 47.6 Å². The number of hydrogen-bond acceptors (Lipinski definition) is 3. The fraction of sp³-hybridized carbons (Fsp3) is 0.304. The number of nitrogens with zero attached hydrogens (tertiary/aromatic N) is 1. The van der Waals surface area contributed by atoms with Crippen molar-refractivity contribution in [3.63, 3.8) is 0 Å². The molecule has 1 aliphatic rings. The van der Waals surface area contributed by atoms with Gasteiger partial charge in [-0.2, -0.15) is 0 Å². The number of fused-ring (bicyclic) bond motifs is 1. The van der Waals surface area contributed by atoms with Crippen molar-refractivity contribution in [2.24, 2.45) is 0 Å². The number of rotatable bonds is 5. The Hall–Kier alpha value is -2.46. The molecule has 4 heteroatoms. The van der Waals surface area contributed by atoms with Gasteiger partial charge in [-0.25, -0.2) is 4.98 Å². The van der Waals surface area contributed by atoms with Gasteiger partial charge in [-0.05, 0) is 60.4 Å². The van der Waals surface area contributed by atoms with Gasteiger partial charge in [-0.15, -0.1) is 11.3 Å². The summed E-state index contributed by atoms with van der Waals surface area (Å²) in [5, 5.41) is 5.63. The largest absolute Gasteiger partial charge is 0.302 e. The van der Waals surface area contributed by atoms with Gasteiger partial charge in [-0.3, -0.25) is 4.79 Å². The van der Waals surface area contributed by atoms with Crippen LogP contribution in [0.2, 0.25) is 0 Å². The number of anilines is 1. The summed E-state index contributed by atoms with van der Waals surface area (Å²) in [5.41, 5.74) is 7.32. The lowest BCUT2D eigenvalue weighted by atomic mass is 9.90. The third-order valence-electron chi connectivity index (χ3n) is 5.19. The molecular weight excluding hydrogens is 352 g/mol. The van der Waals surface area contributed by atoms with Crippen LogP contribution in [0.15, 0.2) is 47.8 Å². The average Bonchev–Trinajstić information content (AvgIpc) is 3.16. The molecule has 0 bridgehead atoms. The zero-order valence-electron chi connectivity index (χ0n) is 15.6. The lowest BCUT2D eigenvalue weighted by molar-refractivity contribution is -0.115. The van der Waals surface area contributed by atoms with Gasteiger partial charge in [0.25, 0.3) is 0 Å². The topological polar surface area (TPSA) is 42.0 Å². The molecule has 1 heterocycles. The molecular formula is C23H24N2OS. The summed E-state index contributed by atoms with van der Waals surface area (Å²) >= 11 is 1.48. The minimum Gasteiger partial charge on any atom is -0.302 e. The molecule has 138 valence electrons. The van der Waals surface area contributed by atoms with Crippen LogP contribution in [0.3, 0.4) is 0 Å². The molecule has 0 unspecified atom stereocenters. The van der Waals surface area contributed by atoms with Crippen LogP contribution in [0, 0.1) is 0 Å². The third kappa shape index (κ3) is 4.28. The second-order valence-corrected chi connectivity index (χ2v) is 7.98. The van der Waals surface area contributed by atoms with Crippen LogP contribution in [0.4, 0.5) is 5.13 Å². The van der Waals surface area contributed by atoms with Crippen molar-refractivity contribution in [2.45, 2.75) is 45.4 Å². The van der Waals surface area contributed by atoms with Crippen molar-refractivity contribution < 1.29 is 4.79 Å². The van der Waals surface area contributed by atoms with Crippen LogP contribution < -0.4 is 5.32 Å². The average molecular weight is 377 g/mol. The van der Waals surface area contributed by atoms with E-state index in [4.69, 9.17) is 0 Å². The highest BCUT2D eigenvalue weighted by Crippen LogP contribution is 2.29. The second kappa shape index (κ2) is 8.05. The molecule has 0 atom stereocenters. The van der Waals surface area contributed by atoms with Gasteiger partial charge in [0.2, 0.25) is 5.91 Å². The summed E-state index contributed by atoms with van der Waals surface area (Å²) in [6.45, 7) is 2.13. The van der Waals surface area contributed by atoms with E-state index in [0.29, 0.717) is 11.6 Å². The van der Waals surface area contributed by atoms with Gasteiger partial charge in [-0.1, -0.05) is 43.3 Å². The Balaban J connectivity index is 1.42. The minimum atomic E-state index is -0.0226. The van der Waals surface area contributed by atoms with Crippen molar-refractivity contribution >= 4 is 22.4 Å². The maximum Gasteiger partial charge on any atom is 0.230 e. The third-order valence-corrected chi connectivity index (χ3v) is 5.95. The smallest absolute Gasteiger partial charge is 0.230 e. The Morgan fingerprint density at radius 1 is 1.04 bits per heavy atom. The van der Waals surface area contributed by atoms with E-state index in [1.165, 1.54) is 47.3 Å². The van der Waals surface area contributed by atoms with Crippen LogP contribution in [-0.4, -0.2) is 10.9 Å². The Morgan fingerprint density at radius 3 is 2.56 bits per heavy atom. The highest BCUT2D eigenvalue weighted by molar-refractivity contribution is 7.14. The van der Waals surface area contributed by atoms with Crippen molar-refractivity contribution in [1.82, 2.24) is 4.98 Å². The summed E-state index contributed by atoms with van der Waals surface area (Å²) in [4.78, 5) is 17.0. The predicted molar refractivity (Wildman–Crippen MR) is 112 cm³/mol. The minimum absolute atomic E-state index is 0.0226. The molecule has 1 aromatic heterocycles. The molecule has 1 amide bonds. The highest BCUT2D eigenvalue weighted by Gasteiger charge is 2.13. The second-order valence-electron chi connectivity index (χ2n) is 7.12. The van der Waals surface area contributed by atoms with Crippen molar-refractivity contribution in [3.8, 4) is 11.3 Å². The molecule has 2 aromatic carbocycles. The number of thiazole rings is 1. The Labute approximate surface area is 164 Å². The quantitative estimate of drug-likeness (QED) is 0.645.